The number of likely N-dealkylation sites (tertiary alicyclic amines) is 1. The lowest BCUT2D eigenvalue weighted by atomic mass is 9.67. The molecular weight excluding hydrogens is 707 g/mol. The summed E-state index contributed by atoms with van der Waals surface area (Å²) in [7, 11) is -3.43. The molecule has 1 aliphatic carbocycles. The van der Waals surface area contributed by atoms with Gasteiger partial charge in [0.05, 0.1) is 11.8 Å². The summed E-state index contributed by atoms with van der Waals surface area (Å²) in [6.07, 6.45) is 11.4. The molecule has 2 bridgehead atoms. The van der Waals surface area contributed by atoms with Crippen molar-refractivity contribution in [3.63, 3.8) is 0 Å². The van der Waals surface area contributed by atoms with E-state index in [-0.39, 0.29) is 53.8 Å². The van der Waals surface area contributed by atoms with Crippen LogP contribution in [0.4, 0.5) is 10.2 Å². The third kappa shape index (κ3) is 8.37. The van der Waals surface area contributed by atoms with Gasteiger partial charge in [-0.05, 0) is 122 Å². The molecule has 0 radical (unpaired) electrons. The van der Waals surface area contributed by atoms with E-state index in [1.54, 1.807) is 15.4 Å². The average molecular weight is 763 g/mol. The van der Waals surface area contributed by atoms with Gasteiger partial charge in [0.1, 0.15) is 17.9 Å². The number of carbonyl (C=O) groups excluding carboxylic acids is 1. The third-order valence-corrected chi connectivity index (χ3v) is 13.8. The van der Waals surface area contributed by atoms with Crippen molar-refractivity contribution >= 4 is 34.3 Å². The molecule has 288 valence electrons. The molecule has 4 aliphatic heterocycles. The lowest BCUT2D eigenvalue weighted by Crippen LogP contribution is -2.53. The van der Waals surface area contributed by atoms with Gasteiger partial charge in [-0.3, -0.25) is 4.79 Å². The van der Waals surface area contributed by atoms with Gasteiger partial charge in [-0.25, -0.2) is 14.4 Å². The third-order valence-electron chi connectivity index (χ3n) is 12.1. The Bertz CT molecular complexity index is 1660. The van der Waals surface area contributed by atoms with Gasteiger partial charge < -0.3 is 24.8 Å². The van der Waals surface area contributed by atoms with Crippen molar-refractivity contribution in [1.82, 2.24) is 34.1 Å². The van der Waals surface area contributed by atoms with E-state index in [4.69, 9.17) is 4.74 Å². The summed E-state index contributed by atoms with van der Waals surface area (Å²) in [5.74, 6) is 1.12. The number of piperidine rings is 1. The second-order valence-electron chi connectivity index (χ2n) is 16.2. The van der Waals surface area contributed by atoms with Gasteiger partial charge in [0.2, 0.25) is 0 Å². The van der Waals surface area contributed by atoms with Crippen LogP contribution in [0.25, 0.3) is 0 Å². The van der Waals surface area contributed by atoms with Gasteiger partial charge >= 0.3 is 0 Å². The van der Waals surface area contributed by atoms with E-state index < -0.39 is 16.0 Å². The van der Waals surface area contributed by atoms with Crippen molar-refractivity contribution in [3.05, 3.63) is 42.1 Å². The largest absolute Gasteiger partial charge is 0.451 e. The number of amides is 1. The number of anilines is 1. The van der Waals surface area contributed by atoms with E-state index in [1.807, 2.05) is 27.7 Å². The van der Waals surface area contributed by atoms with Crippen LogP contribution in [0, 0.1) is 17.2 Å². The smallest absolute Gasteiger partial charge is 0.280 e. The Morgan fingerprint density at radius 3 is 2.44 bits per heavy atom. The molecule has 12 nitrogen and oxygen atoms in total. The highest BCUT2D eigenvalue weighted by Crippen LogP contribution is 2.45. The minimum Gasteiger partial charge on any atom is -0.451 e. The molecule has 1 aromatic heterocycles. The van der Waals surface area contributed by atoms with Crippen molar-refractivity contribution in [2.45, 2.75) is 109 Å². The summed E-state index contributed by atoms with van der Waals surface area (Å²) in [4.78, 5) is 29.0. The standard InChI is InChI=1S/C37H55FN8O4S.ClH/c1-25(2)46(26(3)4)36(47)32-17-28(38)5-6-33(32)50-34-20-39-24-41-35(34)44-14-9-27(22-44)21-43-15-12-37(13-16-43)10-7-29(8-11-37)42-51(48,49)45-23-30-18-31(45)19-40-30;/h5-6,17,20,24-27,29-31,40,42H,7-16,18-19,21-23H2,1-4H3;1H/t27-,30-,31-;/m0./s1. The molecule has 3 atom stereocenters. The van der Waals surface area contributed by atoms with Crippen molar-refractivity contribution < 1.29 is 22.3 Å². The Morgan fingerprint density at radius 2 is 1.79 bits per heavy atom. The maximum absolute atomic E-state index is 14.4. The molecule has 1 saturated carbocycles. The zero-order valence-electron chi connectivity index (χ0n) is 31.0. The van der Waals surface area contributed by atoms with Gasteiger partial charge in [0.15, 0.2) is 11.6 Å². The zero-order chi connectivity index (χ0) is 35.9. The predicted octanol–water partition coefficient (Wildman–Crippen LogP) is 4.82. The van der Waals surface area contributed by atoms with Crippen LogP contribution in [0.2, 0.25) is 0 Å². The maximum Gasteiger partial charge on any atom is 0.280 e. The number of halogens is 2. The SMILES string of the molecule is CC(C)N(C(=O)c1cc(F)ccc1Oc1cncnc1N1CC[C@@H](CN2CCC3(CCC(NS(=O)(=O)N4C[C@@H]5C[C@H]4CN5)CC3)CC2)C1)C(C)C.Cl. The summed E-state index contributed by atoms with van der Waals surface area (Å²) in [6, 6.07) is 4.39. The van der Waals surface area contributed by atoms with E-state index in [1.165, 1.54) is 24.5 Å². The molecule has 5 heterocycles. The van der Waals surface area contributed by atoms with Crippen LogP contribution >= 0.6 is 12.4 Å². The van der Waals surface area contributed by atoms with Crippen molar-refractivity contribution in [3.8, 4) is 11.5 Å². The minimum absolute atomic E-state index is 0. The highest BCUT2D eigenvalue weighted by atomic mass is 35.5. The molecular formula is C37H56ClFN8O4S. The minimum atomic E-state index is -3.43. The van der Waals surface area contributed by atoms with Crippen LogP contribution in [0.15, 0.2) is 30.7 Å². The zero-order valence-corrected chi connectivity index (χ0v) is 32.6. The van der Waals surface area contributed by atoms with Crippen LogP contribution in [-0.4, -0.2) is 114 Å². The first-order chi connectivity index (χ1) is 24.4. The van der Waals surface area contributed by atoms with Crippen LogP contribution < -0.4 is 19.7 Å². The second kappa shape index (κ2) is 16.0. The lowest BCUT2D eigenvalue weighted by molar-refractivity contribution is 0.0549. The first-order valence-corrected chi connectivity index (χ1v) is 20.4. The fraction of sp³-hybridized carbons (Fsp3) is 0.703. The molecule has 1 spiro atoms. The van der Waals surface area contributed by atoms with Crippen LogP contribution in [0.5, 0.6) is 11.5 Å². The molecule has 5 fully saturated rings. The van der Waals surface area contributed by atoms with Gasteiger partial charge in [-0.2, -0.15) is 17.4 Å². The summed E-state index contributed by atoms with van der Waals surface area (Å²) in [5, 5.41) is 3.39. The molecule has 1 amide bonds. The Labute approximate surface area is 314 Å². The molecule has 7 rings (SSSR count). The number of aromatic nitrogens is 2. The normalized spacial score (nSPS) is 25.3. The number of fused-ring (bicyclic) bond motifs is 2. The van der Waals surface area contributed by atoms with Gasteiger partial charge in [0, 0.05) is 62.9 Å². The average Bonchev–Trinajstić information content (AvgIpc) is 3.86. The lowest BCUT2D eigenvalue weighted by Gasteiger charge is -2.46. The quantitative estimate of drug-likeness (QED) is 0.332. The second-order valence-corrected chi connectivity index (χ2v) is 17.9. The number of nitrogens with one attached hydrogen (secondary N) is 2. The van der Waals surface area contributed by atoms with Crippen LogP contribution in [0.1, 0.15) is 89.4 Å². The summed E-state index contributed by atoms with van der Waals surface area (Å²) in [5.41, 5.74) is 0.502. The number of piperazine rings is 1. The molecule has 2 aromatic rings. The van der Waals surface area contributed by atoms with E-state index in [9.17, 15) is 17.6 Å². The summed E-state index contributed by atoms with van der Waals surface area (Å²) in [6.45, 7) is 14.0. The molecule has 2 N–H and O–H groups in total. The number of nitrogens with zero attached hydrogens (tertiary/aromatic N) is 6. The van der Waals surface area contributed by atoms with E-state index in [0.29, 0.717) is 35.5 Å². The van der Waals surface area contributed by atoms with Crippen molar-refractivity contribution in [2.75, 3.05) is 50.7 Å². The fourth-order valence-electron chi connectivity index (χ4n) is 9.39. The molecule has 5 aliphatic rings. The number of benzene rings is 1. The van der Waals surface area contributed by atoms with E-state index in [0.717, 1.165) is 90.6 Å². The van der Waals surface area contributed by atoms with Gasteiger partial charge in [0.25, 0.3) is 16.1 Å². The molecule has 0 unspecified atom stereocenters. The Hall–Kier alpha value is -2.62. The van der Waals surface area contributed by atoms with Crippen molar-refractivity contribution in [2.24, 2.45) is 11.3 Å². The molecule has 15 heteroatoms. The molecule has 52 heavy (non-hydrogen) atoms. The van der Waals surface area contributed by atoms with Crippen LogP contribution in [0.3, 0.4) is 0 Å². The molecule has 4 saturated heterocycles. The number of hydrogen-bond acceptors (Lipinski definition) is 9. The van der Waals surface area contributed by atoms with Crippen molar-refractivity contribution in [1.29, 1.82) is 0 Å². The Morgan fingerprint density at radius 1 is 1.06 bits per heavy atom. The Kier molecular flexibility index (Phi) is 12.0. The van der Waals surface area contributed by atoms with Crippen LogP contribution in [-0.2, 0) is 10.2 Å². The topological polar surface area (TPSA) is 123 Å². The Balaban J connectivity index is 0.00000464. The van der Waals surface area contributed by atoms with Gasteiger partial charge in [-0.1, -0.05) is 0 Å². The molecule has 1 aromatic carbocycles. The summed E-state index contributed by atoms with van der Waals surface area (Å²) < 4.78 is 51.8. The summed E-state index contributed by atoms with van der Waals surface area (Å²) >= 11 is 0. The monoisotopic (exact) mass is 762 g/mol. The number of hydrogen-bond donors (Lipinski definition) is 2. The number of rotatable bonds is 11. The number of ether oxygens (including phenoxy) is 1. The maximum atomic E-state index is 14.4. The predicted molar refractivity (Wildman–Crippen MR) is 202 cm³/mol. The highest BCUT2D eigenvalue weighted by molar-refractivity contribution is 7.87. The fourth-order valence-corrected chi connectivity index (χ4v) is 11.1. The first-order valence-electron chi connectivity index (χ1n) is 19.0. The van der Waals surface area contributed by atoms with E-state index >= 15 is 0 Å². The highest BCUT2D eigenvalue weighted by Gasteiger charge is 2.45. The van der Waals surface area contributed by atoms with Gasteiger partial charge in [-0.15, -0.1) is 12.4 Å². The number of carbonyl (C=O) groups is 1. The van der Waals surface area contributed by atoms with E-state index in [2.05, 4.69) is 29.8 Å². The first kappa shape index (κ1) is 39.1.